The Morgan fingerprint density at radius 3 is 1.47 bits per heavy atom. The van der Waals surface area contributed by atoms with Crippen molar-refractivity contribution in [3.8, 4) is 0 Å². The second-order valence-electron chi connectivity index (χ2n) is 28.7. The summed E-state index contributed by atoms with van der Waals surface area (Å²) in [6, 6.07) is 0. The summed E-state index contributed by atoms with van der Waals surface area (Å²) in [5, 5.41) is 205. The molecular formula is C60H102O29. The Bertz CT molecular complexity index is 2340. The van der Waals surface area contributed by atoms with Crippen LogP contribution >= 0.6 is 0 Å². The maximum atomic E-state index is 12.9. The van der Waals surface area contributed by atoms with E-state index < -0.39 is 227 Å². The van der Waals surface area contributed by atoms with Crippen LogP contribution in [0.25, 0.3) is 0 Å². The van der Waals surface area contributed by atoms with Crippen molar-refractivity contribution in [3.63, 3.8) is 0 Å². The lowest BCUT2D eigenvalue weighted by Gasteiger charge is -2.67. The second kappa shape index (κ2) is 27.6. The summed E-state index contributed by atoms with van der Waals surface area (Å²) in [5.74, 6) is -0.0688. The van der Waals surface area contributed by atoms with Gasteiger partial charge in [-0.2, -0.15) is 0 Å². The number of allylic oxidation sites excluding steroid dienone is 1. The van der Waals surface area contributed by atoms with E-state index in [-0.39, 0.29) is 35.5 Å². The quantitative estimate of drug-likeness (QED) is 0.0506. The molecule has 5 heterocycles. The lowest BCUT2D eigenvalue weighted by atomic mass is 9.38. The summed E-state index contributed by atoms with van der Waals surface area (Å²) in [6.45, 7) is 12.3. The Balaban J connectivity index is 0.912. The minimum Gasteiger partial charge on any atom is -0.394 e. The van der Waals surface area contributed by atoms with Crippen LogP contribution in [0, 0.1) is 45.3 Å². The molecule has 29 nitrogen and oxygen atoms in total. The van der Waals surface area contributed by atoms with Crippen LogP contribution in [0.5, 0.6) is 0 Å². The highest BCUT2D eigenvalue weighted by molar-refractivity contribution is 5.32. The SMILES string of the molecule is C[C@H](CC[C@@H](O[C@@H]1O[C@H](CO)[C@@H](O)[C@H](O)[C@H]1O[C@H]1O[C@@H](CO)[C@H](O)[C@@H](O)[C@@H]1O)C(C)(C)O)C1CC[C@@]2(C)C3CC=C4C(CC[C@H](O[C@@H]5O[C@H](CO[C@@H]6O[C@H](CO)[C@@H](O)[C@H](O)[C@H]6O)[C@@H](O)[C@H](O)[C@H]5O[C@H]5O[C@@H](CO)[C@H](O)[C@@H](O)[C@@H]5O)C4(C)C)[C@]3(C)[C@H](O)C[C@]12C. The van der Waals surface area contributed by atoms with E-state index in [1.165, 1.54) is 13.8 Å². The average molecular weight is 1290 g/mol. The maximum Gasteiger partial charge on any atom is 0.187 e. The fraction of sp³-hybridized carbons (Fsp3) is 0.967. The van der Waals surface area contributed by atoms with E-state index in [0.29, 0.717) is 32.1 Å². The first-order valence-corrected chi connectivity index (χ1v) is 31.6. The minimum atomic E-state index is -1.92. The van der Waals surface area contributed by atoms with Crippen LogP contribution in [0.3, 0.4) is 0 Å². The first-order valence-electron chi connectivity index (χ1n) is 31.6. The molecule has 0 aromatic rings. The molecular weight excluding hydrogens is 1180 g/mol. The van der Waals surface area contributed by atoms with E-state index in [2.05, 4.69) is 33.8 Å². The fourth-order valence-corrected chi connectivity index (χ4v) is 17.1. The van der Waals surface area contributed by atoms with Gasteiger partial charge < -0.3 is 144 Å². The molecule has 0 aromatic carbocycles. The normalized spacial score (nSPS) is 51.8. The monoisotopic (exact) mass is 1290 g/mol. The number of aliphatic hydroxyl groups is 19. The van der Waals surface area contributed by atoms with Gasteiger partial charge in [-0.3, -0.25) is 0 Å². The van der Waals surface area contributed by atoms with E-state index in [1.54, 1.807) is 0 Å². The Hall–Kier alpha value is -1.42. The molecule has 0 spiro atoms. The number of aliphatic hydroxyl groups excluding tert-OH is 18. The predicted octanol–water partition coefficient (Wildman–Crippen LogP) is -5.41. The van der Waals surface area contributed by atoms with Crippen LogP contribution in [-0.2, 0) is 47.4 Å². The molecule has 5 saturated heterocycles. The molecule has 19 N–H and O–H groups in total. The second-order valence-corrected chi connectivity index (χ2v) is 28.7. The van der Waals surface area contributed by atoms with Gasteiger partial charge in [-0.1, -0.05) is 53.2 Å². The van der Waals surface area contributed by atoms with E-state index >= 15 is 0 Å². The summed E-state index contributed by atoms with van der Waals surface area (Å²) in [7, 11) is 0. The third-order valence-corrected chi connectivity index (χ3v) is 22.9. The summed E-state index contributed by atoms with van der Waals surface area (Å²) in [6.07, 6.45) is -38.0. The molecule has 0 aromatic heterocycles. The molecule has 0 radical (unpaired) electrons. The van der Waals surface area contributed by atoms with Crippen molar-refractivity contribution in [2.45, 2.75) is 284 Å². The van der Waals surface area contributed by atoms with Gasteiger partial charge in [0.25, 0.3) is 0 Å². The summed E-state index contributed by atoms with van der Waals surface area (Å²) in [5.41, 5.74) is -2.66. The van der Waals surface area contributed by atoms with Gasteiger partial charge >= 0.3 is 0 Å². The molecule has 29 heteroatoms. The van der Waals surface area contributed by atoms with Crippen molar-refractivity contribution >= 4 is 0 Å². The number of hydrogen-bond acceptors (Lipinski definition) is 29. The van der Waals surface area contributed by atoms with Crippen LogP contribution in [0.4, 0.5) is 0 Å². The molecule has 8 fully saturated rings. The van der Waals surface area contributed by atoms with E-state index in [0.717, 1.165) is 18.4 Å². The van der Waals surface area contributed by atoms with Gasteiger partial charge in [-0.05, 0) is 99.7 Å². The fourth-order valence-electron chi connectivity index (χ4n) is 17.1. The van der Waals surface area contributed by atoms with Gasteiger partial charge in [-0.25, -0.2) is 0 Å². The minimum absolute atomic E-state index is 0.000150. The Kier molecular flexibility index (Phi) is 22.3. The lowest BCUT2D eigenvalue weighted by Crippen LogP contribution is -2.66. The smallest absolute Gasteiger partial charge is 0.187 e. The summed E-state index contributed by atoms with van der Waals surface area (Å²) < 4.78 is 60.1. The highest BCUT2D eigenvalue weighted by atomic mass is 16.8. The predicted molar refractivity (Wildman–Crippen MR) is 300 cm³/mol. The Morgan fingerprint density at radius 2 is 0.966 bits per heavy atom. The first-order chi connectivity index (χ1) is 41.7. The van der Waals surface area contributed by atoms with Crippen LogP contribution in [0.2, 0.25) is 0 Å². The van der Waals surface area contributed by atoms with E-state index in [1.807, 2.05) is 13.8 Å². The van der Waals surface area contributed by atoms with Crippen LogP contribution in [0.1, 0.15) is 107 Å². The van der Waals surface area contributed by atoms with Crippen LogP contribution in [-0.4, -0.2) is 308 Å². The van der Waals surface area contributed by atoms with Gasteiger partial charge in [-0.15, -0.1) is 0 Å². The summed E-state index contributed by atoms with van der Waals surface area (Å²) in [4.78, 5) is 0. The molecule has 4 aliphatic carbocycles. The molecule has 89 heavy (non-hydrogen) atoms. The van der Waals surface area contributed by atoms with Crippen molar-refractivity contribution in [2.24, 2.45) is 45.3 Å². The van der Waals surface area contributed by atoms with Gasteiger partial charge in [0.2, 0.25) is 0 Å². The zero-order valence-electron chi connectivity index (χ0n) is 51.8. The number of ether oxygens (including phenoxy) is 10. The number of fused-ring (bicyclic) bond motifs is 5. The zero-order valence-corrected chi connectivity index (χ0v) is 51.8. The standard InChI is InChI=1S/C60H102O29/c1-23(9-13-35(57(4,5)79)87-54-49(44(74)39(69)30(21-64)84-54)88-52-47(77)42(72)37(67)28(19-62)82-52)24-15-16-58(6)32-12-10-25-26(60(32,8)33(65)17-59(24,58)7)11-14-34(56(25,2)3)86-55-50(89-53-48(78)43(73)38(68)29(20-63)83-53)45(75)40(70)31(85-55)22-80-51-46(76)41(71)36(66)27(18-61)81-51/h10,23-24,26-55,61-79H,9,11-22H2,1-8H3/t23-,24?,26?,27-,28+,29+,30-,31-,32?,33-,34+,35-,36-,37+,38+,39-,40-,41+,42-,43-,44+,45+,46-,47+,48+,49-,50-,51-,52-,53-,54+,55+,58+,59-,60+/m1/s1. The molecule has 0 amide bonds. The molecule has 9 aliphatic rings. The van der Waals surface area contributed by atoms with Gasteiger partial charge in [0, 0.05) is 10.8 Å². The van der Waals surface area contributed by atoms with Crippen molar-refractivity contribution in [1.82, 2.24) is 0 Å². The van der Waals surface area contributed by atoms with Gasteiger partial charge in [0.15, 0.2) is 31.5 Å². The van der Waals surface area contributed by atoms with E-state index in [4.69, 9.17) is 47.4 Å². The van der Waals surface area contributed by atoms with Gasteiger partial charge in [0.05, 0.1) is 56.9 Å². The third-order valence-electron chi connectivity index (χ3n) is 22.9. The molecule has 9 rings (SSSR count). The molecule has 3 unspecified atom stereocenters. The molecule has 5 aliphatic heterocycles. The summed E-state index contributed by atoms with van der Waals surface area (Å²) >= 11 is 0. The van der Waals surface area contributed by atoms with Crippen molar-refractivity contribution in [1.29, 1.82) is 0 Å². The Labute approximate surface area is 517 Å². The van der Waals surface area contributed by atoms with E-state index in [9.17, 15) is 97.0 Å². The largest absolute Gasteiger partial charge is 0.394 e. The zero-order chi connectivity index (χ0) is 65.5. The first kappa shape index (κ1) is 71.9. The van der Waals surface area contributed by atoms with Crippen LogP contribution < -0.4 is 0 Å². The molecule has 35 atom stereocenters. The molecule has 0 bridgehead atoms. The van der Waals surface area contributed by atoms with Crippen LogP contribution in [0.15, 0.2) is 11.6 Å². The number of hydrogen-bond donors (Lipinski definition) is 19. The molecule has 3 saturated carbocycles. The lowest BCUT2D eigenvalue weighted by molar-refractivity contribution is -0.379. The number of rotatable bonds is 20. The molecule has 516 valence electrons. The third kappa shape index (κ3) is 13.0. The maximum absolute atomic E-state index is 12.9. The average Bonchev–Trinajstić information content (AvgIpc) is 1.66. The van der Waals surface area contributed by atoms with Gasteiger partial charge in [0.1, 0.15) is 122 Å². The highest BCUT2D eigenvalue weighted by Gasteiger charge is 2.71. The van der Waals surface area contributed by atoms with Crippen molar-refractivity contribution < 1.29 is 144 Å². The topological polar surface area (TPSA) is 477 Å². The van der Waals surface area contributed by atoms with Crippen molar-refractivity contribution in [2.75, 3.05) is 33.0 Å². The Morgan fingerprint density at radius 1 is 0.517 bits per heavy atom. The highest BCUT2D eigenvalue weighted by Crippen LogP contribution is 2.75. The van der Waals surface area contributed by atoms with Crippen molar-refractivity contribution in [3.05, 3.63) is 11.6 Å².